The van der Waals surface area contributed by atoms with Crippen molar-refractivity contribution in [2.45, 2.75) is 57.6 Å². The third kappa shape index (κ3) is 3.15. The van der Waals surface area contributed by atoms with Gasteiger partial charge in [0.25, 0.3) is 0 Å². The van der Waals surface area contributed by atoms with E-state index in [0.29, 0.717) is 29.8 Å². The van der Waals surface area contributed by atoms with Crippen LogP contribution in [0.5, 0.6) is 5.75 Å². The number of aliphatic hydroxyl groups excluding tert-OH is 2. The maximum Gasteiger partial charge on any atom is 0.151 e. The van der Waals surface area contributed by atoms with Gasteiger partial charge < -0.3 is 24.8 Å². The molecule has 0 spiro atoms. The number of nitrogens with one attached hydrogen (secondary N) is 1. The average molecular weight is 412 g/mol. The molecule has 4 atom stereocenters. The first-order valence-electron chi connectivity index (χ1n) is 10.3. The van der Waals surface area contributed by atoms with Crippen molar-refractivity contribution in [1.82, 2.24) is 19.9 Å². The number of ether oxygens (including phenoxy) is 1. The number of nitrogens with zero attached hydrogens (tertiary/aromatic N) is 3. The Hall–Kier alpha value is -2.55. The van der Waals surface area contributed by atoms with Gasteiger partial charge in [0.15, 0.2) is 5.82 Å². The number of aryl methyl sites for hydroxylation is 2. The third-order valence-electron chi connectivity index (χ3n) is 6.20. The SMILES string of the molecule is Cc1cc2c(c(OC3CC(n4cc(F)c5cnc(C)nc54)[C@H](O)[C@@H]3O)c1)CNCC2. The minimum Gasteiger partial charge on any atom is -0.487 e. The maximum absolute atomic E-state index is 14.4. The second kappa shape index (κ2) is 7.30. The lowest BCUT2D eigenvalue weighted by molar-refractivity contribution is -0.0167. The minimum absolute atomic E-state index is 0.297. The van der Waals surface area contributed by atoms with Crippen LogP contribution in [0.1, 0.15) is 35.0 Å². The van der Waals surface area contributed by atoms with Crippen molar-refractivity contribution in [3.63, 3.8) is 0 Å². The predicted octanol–water partition coefficient (Wildman–Crippen LogP) is 1.95. The molecule has 1 aromatic carbocycles. The maximum atomic E-state index is 14.4. The van der Waals surface area contributed by atoms with Gasteiger partial charge in [0.05, 0.1) is 11.4 Å². The molecule has 1 aliphatic heterocycles. The van der Waals surface area contributed by atoms with E-state index < -0.39 is 30.2 Å². The molecular formula is C22H25FN4O3. The summed E-state index contributed by atoms with van der Waals surface area (Å²) >= 11 is 0. The van der Waals surface area contributed by atoms with E-state index in [-0.39, 0.29) is 0 Å². The van der Waals surface area contributed by atoms with Crippen molar-refractivity contribution in [2.75, 3.05) is 6.54 Å². The summed E-state index contributed by atoms with van der Waals surface area (Å²) in [6, 6.07) is 3.59. The summed E-state index contributed by atoms with van der Waals surface area (Å²) in [5.74, 6) is 0.798. The number of rotatable bonds is 3. The van der Waals surface area contributed by atoms with Gasteiger partial charge >= 0.3 is 0 Å². The first-order chi connectivity index (χ1) is 14.4. The van der Waals surface area contributed by atoms with Gasteiger partial charge in [-0.1, -0.05) is 6.07 Å². The Labute approximate surface area is 173 Å². The quantitative estimate of drug-likeness (QED) is 0.609. The number of halogens is 1. The number of aliphatic hydroxyl groups is 2. The molecule has 2 aliphatic rings. The number of aromatic nitrogens is 3. The molecule has 1 saturated carbocycles. The first-order valence-corrected chi connectivity index (χ1v) is 10.3. The Kier molecular flexibility index (Phi) is 4.72. The molecule has 2 aromatic heterocycles. The molecule has 0 radical (unpaired) electrons. The molecule has 0 amide bonds. The Morgan fingerprint density at radius 2 is 2.07 bits per heavy atom. The molecule has 5 rings (SSSR count). The molecule has 0 saturated heterocycles. The number of hydrogen-bond acceptors (Lipinski definition) is 6. The fourth-order valence-electron chi connectivity index (χ4n) is 4.67. The number of benzene rings is 1. The largest absolute Gasteiger partial charge is 0.487 e. The van der Waals surface area contributed by atoms with Gasteiger partial charge in [0, 0.05) is 30.9 Å². The molecule has 3 N–H and O–H groups in total. The van der Waals surface area contributed by atoms with Gasteiger partial charge in [-0.05, 0) is 44.0 Å². The van der Waals surface area contributed by atoms with E-state index in [0.717, 1.165) is 29.8 Å². The first kappa shape index (κ1) is 19.4. The van der Waals surface area contributed by atoms with Crippen LogP contribution >= 0.6 is 0 Å². The van der Waals surface area contributed by atoms with Crippen LogP contribution < -0.4 is 10.1 Å². The van der Waals surface area contributed by atoms with Crippen molar-refractivity contribution in [3.8, 4) is 5.75 Å². The Bertz CT molecular complexity index is 1120. The highest BCUT2D eigenvalue weighted by Gasteiger charge is 2.45. The van der Waals surface area contributed by atoms with Crippen molar-refractivity contribution in [1.29, 1.82) is 0 Å². The van der Waals surface area contributed by atoms with Crippen molar-refractivity contribution >= 4 is 11.0 Å². The highest BCUT2D eigenvalue weighted by Crippen LogP contribution is 2.38. The van der Waals surface area contributed by atoms with Crippen LogP contribution in [0.4, 0.5) is 4.39 Å². The molecule has 2 unspecified atom stereocenters. The van der Waals surface area contributed by atoms with Gasteiger partial charge in [-0.3, -0.25) is 0 Å². The van der Waals surface area contributed by atoms with Gasteiger partial charge in [0.1, 0.15) is 35.5 Å². The van der Waals surface area contributed by atoms with Crippen LogP contribution in [-0.2, 0) is 13.0 Å². The Balaban J connectivity index is 1.47. The van der Waals surface area contributed by atoms with Gasteiger partial charge in [-0.2, -0.15) is 0 Å². The van der Waals surface area contributed by atoms with Gasteiger partial charge in [-0.15, -0.1) is 0 Å². The predicted molar refractivity (Wildman–Crippen MR) is 109 cm³/mol. The summed E-state index contributed by atoms with van der Waals surface area (Å²) in [6.45, 7) is 5.39. The number of fused-ring (bicyclic) bond motifs is 2. The van der Waals surface area contributed by atoms with E-state index >= 15 is 0 Å². The molecule has 3 aromatic rings. The van der Waals surface area contributed by atoms with Crippen LogP contribution in [0.15, 0.2) is 24.5 Å². The molecule has 30 heavy (non-hydrogen) atoms. The van der Waals surface area contributed by atoms with Crippen LogP contribution in [-0.4, -0.2) is 49.6 Å². The average Bonchev–Trinajstić information content (AvgIpc) is 3.18. The zero-order valence-electron chi connectivity index (χ0n) is 17.0. The van der Waals surface area contributed by atoms with Crippen molar-refractivity contribution < 1.29 is 19.3 Å². The number of hydrogen-bond donors (Lipinski definition) is 3. The van der Waals surface area contributed by atoms with E-state index in [9.17, 15) is 14.6 Å². The summed E-state index contributed by atoms with van der Waals surface area (Å²) in [6.07, 6.45) is 1.23. The highest BCUT2D eigenvalue weighted by molar-refractivity contribution is 5.76. The molecule has 8 heteroatoms. The Morgan fingerprint density at radius 1 is 1.23 bits per heavy atom. The summed E-state index contributed by atoms with van der Waals surface area (Å²) < 4.78 is 22.3. The normalized spacial score (nSPS) is 26.2. The summed E-state index contributed by atoms with van der Waals surface area (Å²) in [4.78, 5) is 8.40. The lowest BCUT2D eigenvalue weighted by Gasteiger charge is -2.25. The van der Waals surface area contributed by atoms with Crippen LogP contribution in [0.3, 0.4) is 0 Å². The summed E-state index contributed by atoms with van der Waals surface area (Å²) in [5.41, 5.74) is 3.85. The van der Waals surface area contributed by atoms with E-state index in [4.69, 9.17) is 4.74 Å². The van der Waals surface area contributed by atoms with Crippen LogP contribution in [0.25, 0.3) is 11.0 Å². The molecule has 7 nitrogen and oxygen atoms in total. The molecular weight excluding hydrogens is 387 g/mol. The second-order valence-corrected chi connectivity index (χ2v) is 8.31. The zero-order valence-corrected chi connectivity index (χ0v) is 17.0. The topological polar surface area (TPSA) is 92.4 Å². The van der Waals surface area contributed by atoms with Crippen LogP contribution in [0, 0.1) is 19.7 Å². The minimum atomic E-state index is -1.10. The van der Waals surface area contributed by atoms with Crippen LogP contribution in [0.2, 0.25) is 0 Å². The molecule has 0 bridgehead atoms. The summed E-state index contributed by atoms with van der Waals surface area (Å²) in [5, 5.41) is 25.1. The molecule has 3 heterocycles. The van der Waals surface area contributed by atoms with E-state index in [1.165, 1.54) is 18.0 Å². The molecule has 1 fully saturated rings. The van der Waals surface area contributed by atoms with Gasteiger partial charge in [0.2, 0.25) is 0 Å². The zero-order chi connectivity index (χ0) is 21.0. The summed E-state index contributed by atoms with van der Waals surface area (Å²) in [7, 11) is 0. The fraction of sp³-hybridized carbons (Fsp3) is 0.455. The lowest BCUT2D eigenvalue weighted by atomic mass is 9.97. The van der Waals surface area contributed by atoms with Crippen molar-refractivity contribution in [3.05, 3.63) is 52.9 Å². The van der Waals surface area contributed by atoms with E-state index in [2.05, 4.69) is 21.4 Å². The van der Waals surface area contributed by atoms with Gasteiger partial charge in [-0.25, -0.2) is 14.4 Å². The smallest absolute Gasteiger partial charge is 0.151 e. The fourth-order valence-corrected chi connectivity index (χ4v) is 4.67. The molecule has 158 valence electrons. The monoisotopic (exact) mass is 412 g/mol. The van der Waals surface area contributed by atoms with Crippen molar-refractivity contribution in [2.24, 2.45) is 0 Å². The highest BCUT2D eigenvalue weighted by atomic mass is 19.1. The van der Waals surface area contributed by atoms with E-state index in [1.807, 2.05) is 13.0 Å². The van der Waals surface area contributed by atoms with E-state index in [1.54, 1.807) is 11.5 Å². The Morgan fingerprint density at radius 3 is 2.90 bits per heavy atom. The molecule has 1 aliphatic carbocycles. The third-order valence-corrected chi connectivity index (χ3v) is 6.20. The standard InChI is InChI=1S/C22H25FN4O3/c1-11-5-13-3-4-24-8-14(13)18(6-11)30-19-7-17(20(28)21(19)29)27-10-16(23)15-9-25-12(2)26-22(15)27/h5-6,9-10,17,19-21,24,28-29H,3-4,7-8H2,1-2H3/t17?,19?,20-,21+/m0/s1. The second-order valence-electron chi connectivity index (χ2n) is 8.31. The lowest BCUT2D eigenvalue weighted by Crippen LogP contribution is -2.35.